The van der Waals surface area contributed by atoms with E-state index in [4.69, 9.17) is 9.97 Å². The maximum Gasteiger partial charge on any atom is 0.159 e. The third kappa shape index (κ3) is 4.04. The molecule has 0 unspecified atom stereocenters. The standard InChI is InChI=1S/C26H20N8/c1(5-23-31-19-9-7-17(15-21(19)33-23)25-27-11-3-12-28-25)2-6-24-32-20-10-8-18(16-22(20)34-24)26-29-13-4-14-30-26/h1-4,7-16H,5-6H2,(H,31,33)(H,32,34). The van der Waals surface area contributed by atoms with Gasteiger partial charge < -0.3 is 9.97 Å². The SMILES string of the molecule is C(=CCc1nc2cc(-c3ncccn3)ccc2[nH]1)Cc1nc2cc(-c3ncccn3)ccc2[nH]1. The summed E-state index contributed by atoms with van der Waals surface area (Å²) in [4.78, 5) is 33.4. The molecule has 0 aliphatic rings. The normalized spacial score (nSPS) is 11.6. The molecule has 6 aromatic rings. The minimum Gasteiger partial charge on any atom is -0.342 e. The Labute approximate surface area is 194 Å². The molecule has 0 bridgehead atoms. The van der Waals surface area contributed by atoms with E-state index < -0.39 is 0 Å². The summed E-state index contributed by atoms with van der Waals surface area (Å²) in [6.07, 6.45) is 12.6. The minimum atomic E-state index is 0.697. The molecule has 0 aliphatic carbocycles. The molecule has 164 valence electrons. The molecule has 0 radical (unpaired) electrons. The second-order valence-corrected chi connectivity index (χ2v) is 7.86. The Bertz CT molecular complexity index is 1480. The molecule has 0 saturated carbocycles. The highest BCUT2D eigenvalue weighted by Crippen LogP contribution is 2.21. The number of H-pyrrole nitrogens is 2. The van der Waals surface area contributed by atoms with Crippen LogP contribution in [0.3, 0.4) is 0 Å². The van der Waals surface area contributed by atoms with Crippen LogP contribution in [-0.2, 0) is 12.8 Å². The van der Waals surface area contributed by atoms with Crippen molar-refractivity contribution in [3.63, 3.8) is 0 Å². The molecular formula is C26H20N8. The van der Waals surface area contributed by atoms with Crippen molar-refractivity contribution in [3.8, 4) is 22.8 Å². The molecule has 2 aromatic carbocycles. The molecular weight excluding hydrogens is 424 g/mol. The van der Waals surface area contributed by atoms with Crippen molar-refractivity contribution in [2.45, 2.75) is 12.8 Å². The summed E-state index contributed by atoms with van der Waals surface area (Å²) < 4.78 is 0. The van der Waals surface area contributed by atoms with Crippen LogP contribution in [0.1, 0.15) is 11.6 Å². The van der Waals surface area contributed by atoms with Crippen molar-refractivity contribution < 1.29 is 0 Å². The van der Waals surface area contributed by atoms with Crippen molar-refractivity contribution in [1.29, 1.82) is 0 Å². The van der Waals surface area contributed by atoms with E-state index in [1.807, 2.05) is 48.5 Å². The summed E-state index contributed by atoms with van der Waals surface area (Å²) in [6.45, 7) is 0. The fourth-order valence-corrected chi connectivity index (χ4v) is 3.88. The van der Waals surface area contributed by atoms with E-state index in [0.29, 0.717) is 24.5 Å². The van der Waals surface area contributed by atoms with Crippen LogP contribution in [0, 0.1) is 0 Å². The van der Waals surface area contributed by atoms with Gasteiger partial charge in [-0.3, -0.25) is 0 Å². The van der Waals surface area contributed by atoms with Crippen LogP contribution in [0.5, 0.6) is 0 Å². The monoisotopic (exact) mass is 444 g/mol. The van der Waals surface area contributed by atoms with E-state index in [0.717, 1.165) is 44.8 Å². The van der Waals surface area contributed by atoms with Gasteiger partial charge in [-0.15, -0.1) is 0 Å². The number of hydrogen-bond acceptors (Lipinski definition) is 6. The zero-order valence-corrected chi connectivity index (χ0v) is 18.2. The third-order valence-corrected chi connectivity index (χ3v) is 5.50. The number of nitrogens with zero attached hydrogens (tertiary/aromatic N) is 6. The quantitative estimate of drug-likeness (QED) is 0.361. The molecule has 8 nitrogen and oxygen atoms in total. The van der Waals surface area contributed by atoms with E-state index in [1.54, 1.807) is 24.8 Å². The Morgan fingerprint density at radius 3 is 1.47 bits per heavy atom. The van der Waals surface area contributed by atoms with E-state index in [9.17, 15) is 0 Å². The average molecular weight is 445 g/mol. The molecule has 0 spiro atoms. The lowest BCUT2D eigenvalue weighted by atomic mass is 10.2. The highest BCUT2D eigenvalue weighted by Gasteiger charge is 2.07. The smallest absolute Gasteiger partial charge is 0.159 e. The van der Waals surface area contributed by atoms with Gasteiger partial charge >= 0.3 is 0 Å². The van der Waals surface area contributed by atoms with Gasteiger partial charge in [0.1, 0.15) is 11.6 Å². The van der Waals surface area contributed by atoms with Gasteiger partial charge in [0.25, 0.3) is 0 Å². The Morgan fingerprint density at radius 1 is 0.588 bits per heavy atom. The second-order valence-electron chi connectivity index (χ2n) is 7.86. The highest BCUT2D eigenvalue weighted by molar-refractivity contribution is 5.81. The molecule has 2 N–H and O–H groups in total. The first-order valence-electron chi connectivity index (χ1n) is 11.0. The molecule has 0 atom stereocenters. The maximum atomic E-state index is 4.72. The summed E-state index contributed by atoms with van der Waals surface area (Å²) in [5, 5.41) is 0. The summed E-state index contributed by atoms with van der Waals surface area (Å²) >= 11 is 0. The summed E-state index contributed by atoms with van der Waals surface area (Å²) in [5.74, 6) is 3.22. The van der Waals surface area contributed by atoms with Gasteiger partial charge in [0.2, 0.25) is 0 Å². The van der Waals surface area contributed by atoms with Crippen LogP contribution in [-0.4, -0.2) is 39.9 Å². The number of fused-ring (bicyclic) bond motifs is 2. The highest BCUT2D eigenvalue weighted by atomic mass is 14.9. The van der Waals surface area contributed by atoms with Gasteiger partial charge in [0, 0.05) is 48.8 Å². The van der Waals surface area contributed by atoms with Crippen LogP contribution in [0.4, 0.5) is 0 Å². The average Bonchev–Trinajstić information content (AvgIpc) is 3.50. The third-order valence-electron chi connectivity index (χ3n) is 5.50. The zero-order valence-electron chi connectivity index (χ0n) is 18.2. The molecule has 6 rings (SSSR count). The number of hydrogen-bond donors (Lipinski definition) is 2. The van der Waals surface area contributed by atoms with Crippen molar-refractivity contribution in [2.75, 3.05) is 0 Å². The van der Waals surface area contributed by atoms with Gasteiger partial charge in [0.05, 0.1) is 22.1 Å². The summed E-state index contributed by atoms with van der Waals surface area (Å²) in [7, 11) is 0. The topological polar surface area (TPSA) is 109 Å². The predicted octanol–water partition coefficient (Wildman–Crippen LogP) is 4.69. The molecule has 0 amide bonds. The van der Waals surface area contributed by atoms with E-state index in [1.165, 1.54) is 0 Å². The number of allylic oxidation sites excluding steroid dienone is 2. The fraction of sp³-hybridized carbons (Fsp3) is 0.0769. The second kappa shape index (κ2) is 8.67. The Balaban J connectivity index is 1.14. The summed E-state index contributed by atoms with van der Waals surface area (Å²) in [6, 6.07) is 15.7. The molecule has 8 heteroatoms. The van der Waals surface area contributed by atoms with Gasteiger partial charge in [-0.1, -0.05) is 12.2 Å². The number of aromatic nitrogens is 8. The predicted molar refractivity (Wildman–Crippen MR) is 131 cm³/mol. The number of imidazole rings is 2. The van der Waals surface area contributed by atoms with Crippen molar-refractivity contribution >= 4 is 22.1 Å². The fourth-order valence-electron chi connectivity index (χ4n) is 3.88. The Kier molecular flexibility index (Phi) is 5.08. The van der Waals surface area contributed by atoms with Crippen molar-refractivity contribution in [3.05, 3.63) is 97.1 Å². The van der Waals surface area contributed by atoms with E-state index >= 15 is 0 Å². The van der Waals surface area contributed by atoms with Crippen LogP contribution in [0.2, 0.25) is 0 Å². The van der Waals surface area contributed by atoms with Crippen LogP contribution in [0.15, 0.2) is 85.5 Å². The molecule has 0 fully saturated rings. The first-order chi connectivity index (χ1) is 16.8. The van der Waals surface area contributed by atoms with Gasteiger partial charge in [-0.25, -0.2) is 29.9 Å². The van der Waals surface area contributed by atoms with Gasteiger partial charge in [0.15, 0.2) is 11.6 Å². The number of nitrogens with one attached hydrogen (secondary N) is 2. The molecule has 0 saturated heterocycles. The molecule has 4 heterocycles. The van der Waals surface area contributed by atoms with Crippen molar-refractivity contribution in [2.24, 2.45) is 0 Å². The van der Waals surface area contributed by atoms with Gasteiger partial charge in [-0.2, -0.15) is 0 Å². The first kappa shape index (κ1) is 19.9. The number of aromatic amines is 2. The van der Waals surface area contributed by atoms with Crippen LogP contribution in [0.25, 0.3) is 44.8 Å². The lowest BCUT2D eigenvalue weighted by molar-refractivity contribution is 1.04. The van der Waals surface area contributed by atoms with Crippen molar-refractivity contribution in [1.82, 2.24) is 39.9 Å². The molecule has 0 aliphatic heterocycles. The Morgan fingerprint density at radius 2 is 1.03 bits per heavy atom. The van der Waals surface area contributed by atoms with E-state index in [-0.39, 0.29) is 0 Å². The number of benzene rings is 2. The Hall–Kier alpha value is -4.72. The largest absolute Gasteiger partial charge is 0.342 e. The lowest BCUT2D eigenvalue weighted by Gasteiger charge is -1.98. The zero-order chi connectivity index (χ0) is 22.7. The maximum absolute atomic E-state index is 4.72. The number of rotatable bonds is 6. The van der Waals surface area contributed by atoms with Gasteiger partial charge in [-0.05, 0) is 48.5 Å². The lowest BCUT2D eigenvalue weighted by Crippen LogP contribution is -1.86. The van der Waals surface area contributed by atoms with Crippen LogP contribution >= 0.6 is 0 Å². The molecule has 34 heavy (non-hydrogen) atoms. The van der Waals surface area contributed by atoms with E-state index in [2.05, 4.69) is 42.1 Å². The van der Waals surface area contributed by atoms with Crippen LogP contribution < -0.4 is 0 Å². The minimum absolute atomic E-state index is 0.697. The summed E-state index contributed by atoms with van der Waals surface area (Å²) in [5.41, 5.74) is 5.71. The molecule has 4 aromatic heterocycles. The first-order valence-corrected chi connectivity index (χ1v) is 11.0.